The van der Waals surface area contributed by atoms with Gasteiger partial charge in [-0.15, -0.1) is 0 Å². The zero-order valence-corrected chi connectivity index (χ0v) is 19.4. The summed E-state index contributed by atoms with van der Waals surface area (Å²) >= 11 is 0. The van der Waals surface area contributed by atoms with Crippen molar-refractivity contribution in [1.29, 1.82) is 0 Å². The first-order chi connectivity index (χ1) is 15.3. The van der Waals surface area contributed by atoms with Gasteiger partial charge < -0.3 is 19.3 Å². The molecule has 0 bridgehead atoms. The van der Waals surface area contributed by atoms with Gasteiger partial charge in [-0.1, -0.05) is 6.92 Å². The Labute approximate surface area is 190 Å². The molecule has 3 aliphatic heterocycles. The Bertz CT molecular complexity index is 942. The summed E-state index contributed by atoms with van der Waals surface area (Å²) in [4.78, 5) is 15.5. The predicted molar refractivity (Wildman–Crippen MR) is 119 cm³/mol. The molecule has 5 aliphatic rings. The van der Waals surface area contributed by atoms with Gasteiger partial charge >= 0.3 is 5.97 Å². The molecule has 3 heterocycles. The Morgan fingerprint density at radius 3 is 2.88 bits per heavy atom. The van der Waals surface area contributed by atoms with Crippen molar-refractivity contribution in [3.05, 3.63) is 23.3 Å². The number of epoxide rings is 1. The number of hydrogen-bond donors (Lipinski definition) is 1. The van der Waals surface area contributed by atoms with Gasteiger partial charge in [-0.2, -0.15) is 0 Å². The molecule has 2 saturated carbocycles. The number of phenols is 1. The van der Waals surface area contributed by atoms with Gasteiger partial charge in [0.25, 0.3) is 0 Å². The number of benzene rings is 1. The highest BCUT2D eigenvalue weighted by molar-refractivity contribution is 5.75. The quantitative estimate of drug-likeness (QED) is 0.568. The van der Waals surface area contributed by atoms with E-state index in [2.05, 4.69) is 18.7 Å². The van der Waals surface area contributed by atoms with Gasteiger partial charge in [0, 0.05) is 25.0 Å². The molecule has 1 spiro atoms. The van der Waals surface area contributed by atoms with E-state index in [9.17, 15) is 9.90 Å². The van der Waals surface area contributed by atoms with E-state index in [1.807, 2.05) is 12.1 Å². The largest absolute Gasteiger partial charge is 0.504 e. The first kappa shape index (κ1) is 20.8. The van der Waals surface area contributed by atoms with E-state index in [-0.39, 0.29) is 40.8 Å². The highest BCUT2D eigenvalue weighted by Crippen LogP contribution is 2.63. The Kier molecular flexibility index (Phi) is 4.61. The topological polar surface area (TPSA) is 71.5 Å². The molecule has 32 heavy (non-hydrogen) atoms. The van der Waals surface area contributed by atoms with Crippen LogP contribution in [0.1, 0.15) is 63.1 Å². The summed E-state index contributed by atoms with van der Waals surface area (Å²) in [6, 6.07) is 3.96. The van der Waals surface area contributed by atoms with E-state index in [0.717, 1.165) is 39.0 Å². The number of fused-ring (bicyclic) bond motifs is 4. The lowest BCUT2D eigenvalue weighted by Crippen LogP contribution is -2.51. The minimum atomic E-state index is -0.0645. The van der Waals surface area contributed by atoms with Gasteiger partial charge in [0.05, 0.1) is 25.2 Å². The average molecular weight is 442 g/mol. The van der Waals surface area contributed by atoms with E-state index in [4.69, 9.17) is 14.2 Å². The standard InChI is InChI=1S/C26H35NO5/c1-15-17-10-21(30-3)20(28)9-16(17)5-8-27(15)13-19-18-11-23-25(2,12-22(18)32-24(19)29)6-4-7-26(23)14-31-26/h9-10,15,18-19,22-23,28H,4-8,11-14H2,1-3H3/t15-,18-,19?,22-,23-,25-,26?/m1/s1. The van der Waals surface area contributed by atoms with Crippen LogP contribution in [-0.4, -0.2) is 54.5 Å². The van der Waals surface area contributed by atoms with Crippen LogP contribution in [0, 0.1) is 23.2 Å². The minimum absolute atomic E-state index is 0.00528. The van der Waals surface area contributed by atoms with Gasteiger partial charge in [0.1, 0.15) is 6.10 Å². The van der Waals surface area contributed by atoms with E-state index >= 15 is 0 Å². The van der Waals surface area contributed by atoms with Crippen LogP contribution in [0.3, 0.4) is 0 Å². The normalized spacial score (nSPS) is 42.7. The molecule has 0 radical (unpaired) electrons. The van der Waals surface area contributed by atoms with Crippen LogP contribution in [0.15, 0.2) is 12.1 Å². The van der Waals surface area contributed by atoms with Crippen molar-refractivity contribution in [3.8, 4) is 11.5 Å². The van der Waals surface area contributed by atoms with Crippen LogP contribution in [-0.2, 0) is 20.7 Å². The van der Waals surface area contributed by atoms with E-state index in [0.29, 0.717) is 17.6 Å². The van der Waals surface area contributed by atoms with E-state index in [1.165, 1.54) is 30.4 Å². The number of carbonyl (C=O) groups excluding carboxylic acids is 1. The summed E-state index contributed by atoms with van der Waals surface area (Å²) in [7, 11) is 1.58. The molecule has 1 N–H and O–H groups in total. The molecule has 2 aliphatic carbocycles. The molecule has 1 aromatic rings. The number of esters is 1. The smallest absolute Gasteiger partial charge is 0.310 e. The number of hydrogen-bond acceptors (Lipinski definition) is 6. The summed E-state index contributed by atoms with van der Waals surface area (Å²) in [5.74, 6) is 1.48. The third-order valence-electron chi connectivity index (χ3n) is 9.62. The SMILES string of the molecule is COc1cc2c(cc1O)CCN(CC1C(=O)O[C@@H]3C[C@@]4(C)CCCC5(CO5)[C@@H]4C[C@H]13)[C@@H]2C. The van der Waals surface area contributed by atoms with Gasteiger partial charge in [0.15, 0.2) is 11.5 Å². The molecule has 6 heteroatoms. The molecule has 6 nitrogen and oxygen atoms in total. The maximum Gasteiger partial charge on any atom is 0.310 e. The second-order valence-electron chi connectivity index (χ2n) is 11.2. The second kappa shape index (κ2) is 7.10. The van der Waals surface area contributed by atoms with Crippen molar-refractivity contribution >= 4 is 5.97 Å². The van der Waals surface area contributed by atoms with E-state index < -0.39 is 0 Å². The van der Waals surface area contributed by atoms with Crippen molar-refractivity contribution in [1.82, 2.24) is 4.90 Å². The molecular weight excluding hydrogens is 406 g/mol. The van der Waals surface area contributed by atoms with Crippen molar-refractivity contribution in [2.24, 2.45) is 23.2 Å². The van der Waals surface area contributed by atoms with Crippen LogP contribution in [0.4, 0.5) is 0 Å². The maximum absolute atomic E-state index is 13.1. The van der Waals surface area contributed by atoms with Crippen molar-refractivity contribution in [2.45, 2.75) is 70.1 Å². The first-order valence-corrected chi connectivity index (χ1v) is 12.3. The fraction of sp³-hybridized carbons (Fsp3) is 0.731. The average Bonchev–Trinajstić information content (AvgIpc) is 3.46. The van der Waals surface area contributed by atoms with Crippen LogP contribution < -0.4 is 4.74 Å². The lowest BCUT2D eigenvalue weighted by atomic mass is 9.53. The Morgan fingerprint density at radius 2 is 2.12 bits per heavy atom. The molecule has 2 saturated heterocycles. The third kappa shape index (κ3) is 3.02. The number of nitrogens with zero attached hydrogens (tertiary/aromatic N) is 1. The number of aromatic hydroxyl groups is 1. The number of ether oxygens (including phenoxy) is 3. The highest BCUT2D eigenvalue weighted by atomic mass is 16.6. The molecule has 174 valence electrons. The summed E-state index contributed by atoms with van der Waals surface area (Å²) in [6.07, 6.45) is 6.60. The van der Waals surface area contributed by atoms with Crippen molar-refractivity contribution in [2.75, 3.05) is 26.8 Å². The fourth-order valence-electron chi connectivity index (χ4n) is 7.72. The van der Waals surface area contributed by atoms with Crippen LogP contribution in [0.2, 0.25) is 0 Å². The van der Waals surface area contributed by atoms with Crippen LogP contribution in [0.5, 0.6) is 11.5 Å². The van der Waals surface area contributed by atoms with Gasteiger partial charge in [-0.05, 0) is 80.0 Å². The molecule has 0 amide bonds. The van der Waals surface area contributed by atoms with Crippen LogP contribution in [0.25, 0.3) is 0 Å². The zero-order valence-electron chi connectivity index (χ0n) is 19.4. The summed E-state index contributed by atoms with van der Waals surface area (Å²) < 4.78 is 17.4. The molecule has 1 aromatic carbocycles. The molecule has 2 unspecified atom stereocenters. The molecule has 6 rings (SSSR count). The second-order valence-corrected chi connectivity index (χ2v) is 11.2. The first-order valence-electron chi connectivity index (χ1n) is 12.3. The summed E-state index contributed by atoms with van der Waals surface area (Å²) in [5, 5.41) is 10.2. The lowest BCUT2D eigenvalue weighted by molar-refractivity contribution is -0.147. The van der Waals surface area contributed by atoms with Crippen molar-refractivity contribution in [3.63, 3.8) is 0 Å². The van der Waals surface area contributed by atoms with Crippen molar-refractivity contribution < 1.29 is 24.1 Å². The van der Waals surface area contributed by atoms with Gasteiger partial charge in [0.2, 0.25) is 0 Å². The Morgan fingerprint density at radius 1 is 1.31 bits per heavy atom. The van der Waals surface area contributed by atoms with Crippen LogP contribution >= 0.6 is 0 Å². The minimum Gasteiger partial charge on any atom is -0.504 e. The number of phenolic OH excluding ortho intramolecular Hbond substituents is 1. The Balaban J connectivity index is 1.23. The number of methoxy groups -OCH3 is 1. The molecular formula is C26H35NO5. The Hall–Kier alpha value is -1.79. The number of rotatable bonds is 3. The zero-order chi connectivity index (χ0) is 22.3. The lowest BCUT2D eigenvalue weighted by Gasteiger charge is -2.51. The van der Waals surface area contributed by atoms with Gasteiger partial charge in [-0.25, -0.2) is 0 Å². The fourth-order valence-corrected chi connectivity index (χ4v) is 7.72. The predicted octanol–water partition coefficient (Wildman–Crippen LogP) is 3.85. The molecule has 4 fully saturated rings. The molecule has 0 aromatic heterocycles. The monoisotopic (exact) mass is 441 g/mol. The number of carbonyl (C=O) groups is 1. The molecule has 7 atom stereocenters. The summed E-state index contributed by atoms with van der Waals surface area (Å²) in [5.41, 5.74) is 2.68. The summed E-state index contributed by atoms with van der Waals surface area (Å²) in [6.45, 7) is 7.12. The third-order valence-corrected chi connectivity index (χ3v) is 9.62. The van der Waals surface area contributed by atoms with Gasteiger partial charge in [-0.3, -0.25) is 9.69 Å². The highest BCUT2D eigenvalue weighted by Gasteiger charge is 2.65. The maximum atomic E-state index is 13.1. The van der Waals surface area contributed by atoms with E-state index in [1.54, 1.807) is 7.11 Å².